The minimum absolute atomic E-state index is 0.0526. The second-order valence-corrected chi connectivity index (χ2v) is 6.07. The van der Waals surface area contributed by atoms with E-state index >= 15 is 0 Å². The van der Waals surface area contributed by atoms with Gasteiger partial charge in [-0.1, -0.05) is 0 Å². The van der Waals surface area contributed by atoms with Crippen LogP contribution in [0.5, 0.6) is 0 Å². The van der Waals surface area contributed by atoms with Gasteiger partial charge in [0, 0.05) is 16.7 Å². The summed E-state index contributed by atoms with van der Waals surface area (Å²) in [5.41, 5.74) is 0. The number of hydrogen-bond donors (Lipinski definition) is 0. The van der Waals surface area contributed by atoms with Crippen LogP contribution < -0.4 is 0 Å². The smallest absolute Gasteiger partial charge is 0.374 e. The molecule has 0 radical (unpaired) electrons. The van der Waals surface area contributed by atoms with Gasteiger partial charge in [0.25, 0.3) is 9.05 Å². The first-order valence-electron chi connectivity index (χ1n) is 4.72. The van der Waals surface area contributed by atoms with Gasteiger partial charge < -0.3 is 13.9 Å². The van der Waals surface area contributed by atoms with Crippen molar-refractivity contribution in [3.8, 4) is 0 Å². The summed E-state index contributed by atoms with van der Waals surface area (Å²) in [4.78, 5) is 11.3. The molecule has 2 heterocycles. The monoisotopic (exact) mass is 280 g/mol. The Morgan fingerprint density at radius 1 is 1.53 bits per heavy atom. The lowest BCUT2D eigenvalue weighted by atomic mass is 10.3. The van der Waals surface area contributed by atoms with Crippen molar-refractivity contribution in [2.75, 3.05) is 13.2 Å². The highest BCUT2D eigenvalue weighted by molar-refractivity contribution is 8.13. The van der Waals surface area contributed by atoms with Crippen molar-refractivity contribution in [1.29, 1.82) is 0 Å². The number of carbonyl (C=O) groups excluding carboxylic acids is 1. The van der Waals surface area contributed by atoms with Gasteiger partial charge in [-0.3, -0.25) is 0 Å². The summed E-state index contributed by atoms with van der Waals surface area (Å²) in [5, 5.41) is 0. The molecule has 8 heteroatoms. The number of esters is 1. The van der Waals surface area contributed by atoms with Gasteiger partial charge in [0.1, 0.15) is 16.8 Å². The zero-order chi connectivity index (χ0) is 12.6. The zero-order valence-electron chi connectivity index (χ0n) is 8.80. The van der Waals surface area contributed by atoms with Gasteiger partial charge >= 0.3 is 5.97 Å². The van der Waals surface area contributed by atoms with Gasteiger partial charge in [0.2, 0.25) is 5.76 Å². The van der Waals surface area contributed by atoms with Crippen LogP contribution in [0.1, 0.15) is 16.3 Å². The normalized spacial score (nSPS) is 16.6. The van der Waals surface area contributed by atoms with Crippen LogP contribution >= 0.6 is 10.7 Å². The Hall–Kier alpha value is -1.05. The summed E-state index contributed by atoms with van der Waals surface area (Å²) in [7, 11) is 1.25. The molecule has 0 saturated carbocycles. The first kappa shape index (κ1) is 12.4. The van der Waals surface area contributed by atoms with Crippen LogP contribution in [0.3, 0.4) is 0 Å². The molecular formula is C9H9ClO6S. The average Bonchev–Trinajstić information content (AvgIpc) is 2.53. The number of halogens is 1. The second kappa shape index (κ2) is 4.32. The van der Waals surface area contributed by atoms with E-state index in [0.717, 1.165) is 6.07 Å². The maximum absolute atomic E-state index is 11.5. The van der Waals surface area contributed by atoms with E-state index in [1.807, 2.05) is 0 Å². The Morgan fingerprint density at radius 2 is 2.18 bits per heavy atom. The standard InChI is InChI=1S/C9H9ClO6S/c1-5-8(17(10,12)13)2-7(15-5)9(11)16-6-3-14-4-6/h2,6H,3-4H2,1H3. The van der Waals surface area contributed by atoms with Crippen LogP contribution in [0.4, 0.5) is 0 Å². The fourth-order valence-corrected chi connectivity index (χ4v) is 2.39. The third-order valence-electron chi connectivity index (χ3n) is 2.22. The number of furan rings is 1. The Labute approximate surface area is 102 Å². The molecule has 1 aromatic rings. The van der Waals surface area contributed by atoms with Crippen LogP contribution in [0.25, 0.3) is 0 Å². The number of aryl methyl sites for hydroxylation is 1. The molecule has 17 heavy (non-hydrogen) atoms. The largest absolute Gasteiger partial charge is 0.453 e. The molecule has 0 amide bonds. The van der Waals surface area contributed by atoms with Crippen molar-refractivity contribution in [1.82, 2.24) is 0 Å². The van der Waals surface area contributed by atoms with Crippen LogP contribution in [-0.2, 0) is 18.5 Å². The molecule has 2 rings (SSSR count). The van der Waals surface area contributed by atoms with Gasteiger partial charge in [0.15, 0.2) is 0 Å². The predicted molar refractivity (Wildman–Crippen MR) is 56.5 cm³/mol. The van der Waals surface area contributed by atoms with E-state index in [0.29, 0.717) is 13.2 Å². The van der Waals surface area contributed by atoms with E-state index in [-0.39, 0.29) is 22.5 Å². The van der Waals surface area contributed by atoms with E-state index in [4.69, 9.17) is 24.6 Å². The van der Waals surface area contributed by atoms with Crippen molar-refractivity contribution < 1.29 is 27.1 Å². The molecule has 0 atom stereocenters. The third-order valence-corrected chi connectivity index (χ3v) is 3.65. The Morgan fingerprint density at radius 3 is 2.59 bits per heavy atom. The van der Waals surface area contributed by atoms with E-state index in [1.54, 1.807) is 0 Å². The van der Waals surface area contributed by atoms with Crippen LogP contribution in [-0.4, -0.2) is 33.7 Å². The quantitative estimate of drug-likeness (QED) is 0.608. The molecule has 0 unspecified atom stereocenters. The van der Waals surface area contributed by atoms with Crippen molar-refractivity contribution in [2.24, 2.45) is 0 Å². The average molecular weight is 281 g/mol. The molecular weight excluding hydrogens is 272 g/mol. The summed E-state index contributed by atoms with van der Waals surface area (Å²) < 4.78 is 37.0. The van der Waals surface area contributed by atoms with Crippen molar-refractivity contribution >= 4 is 25.7 Å². The molecule has 1 aromatic heterocycles. The topological polar surface area (TPSA) is 82.8 Å². The molecule has 6 nitrogen and oxygen atoms in total. The van der Waals surface area contributed by atoms with Gasteiger partial charge in [-0.2, -0.15) is 0 Å². The molecule has 1 fully saturated rings. The van der Waals surface area contributed by atoms with E-state index < -0.39 is 15.0 Å². The second-order valence-electron chi connectivity index (χ2n) is 3.53. The first-order chi connectivity index (χ1) is 7.88. The molecule has 0 bridgehead atoms. The van der Waals surface area contributed by atoms with E-state index in [1.165, 1.54) is 6.92 Å². The summed E-state index contributed by atoms with van der Waals surface area (Å²) in [5.74, 6) is -0.863. The molecule has 0 spiro atoms. The lowest BCUT2D eigenvalue weighted by Gasteiger charge is -2.24. The number of ether oxygens (including phenoxy) is 2. The minimum Gasteiger partial charge on any atom is -0.453 e. The lowest BCUT2D eigenvalue weighted by Crippen LogP contribution is -2.37. The van der Waals surface area contributed by atoms with Gasteiger partial charge in [-0.05, 0) is 6.92 Å². The van der Waals surface area contributed by atoms with Crippen molar-refractivity contribution in [3.05, 3.63) is 17.6 Å². The van der Waals surface area contributed by atoms with Gasteiger partial charge in [-0.15, -0.1) is 0 Å². The Balaban J connectivity index is 2.19. The van der Waals surface area contributed by atoms with Crippen molar-refractivity contribution in [2.45, 2.75) is 17.9 Å². The summed E-state index contributed by atoms with van der Waals surface area (Å²) in [6, 6.07) is 1.06. The summed E-state index contributed by atoms with van der Waals surface area (Å²) >= 11 is 0. The number of rotatable bonds is 3. The predicted octanol–water partition coefficient (Wildman–Crippen LogP) is 1.07. The molecule has 0 aliphatic carbocycles. The molecule has 0 aromatic carbocycles. The maximum Gasteiger partial charge on any atom is 0.374 e. The highest BCUT2D eigenvalue weighted by Crippen LogP contribution is 2.24. The van der Waals surface area contributed by atoms with E-state index in [9.17, 15) is 13.2 Å². The highest BCUT2D eigenvalue weighted by atomic mass is 35.7. The Bertz CT molecular complexity index is 542. The number of carbonyl (C=O) groups is 1. The lowest BCUT2D eigenvalue weighted by molar-refractivity contribution is -0.104. The molecule has 0 N–H and O–H groups in total. The zero-order valence-corrected chi connectivity index (χ0v) is 10.4. The fourth-order valence-electron chi connectivity index (χ4n) is 1.30. The first-order valence-corrected chi connectivity index (χ1v) is 7.02. The SMILES string of the molecule is Cc1oc(C(=O)OC2COC2)cc1S(=O)(=O)Cl. The highest BCUT2D eigenvalue weighted by Gasteiger charge is 2.27. The summed E-state index contributed by atoms with van der Waals surface area (Å²) in [6.45, 7) is 2.08. The third kappa shape index (κ3) is 2.62. The summed E-state index contributed by atoms with van der Waals surface area (Å²) in [6.07, 6.45) is -0.302. The maximum atomic E-state index is 11.5. The van der Waals surface area contributed by atoms with Crippen molar-refractivity contribution in [3.63, 3.8) is 0 Å². The minimum atomic E-state index is -3.92. The van der Waals surface area contributed by atoms with Gasteiger partial charge in [0.05, 0.1) is 13.2 Å². The molecule has 1 aliphatic heterocycles. The molecule has 94 valence electrons. The molecule has 1 aliphatic rings. The van der Waals surface area contributed by atoms with Gasteiger partial charge in [-0.25, -0.2) is 13.2 Å². The van der Waals surface area contributed by atoms with E-state index in [2.05, 4.69) is 0 Å². The Kier molecular flexibility index (Phi) is 3.15. The van der Waals surface area contributed by atoms with Crippen LogP contribution in [0.15, 0.2) is 15.4 Å². The number of hydrogen-bond acceptors (Lipinski definition) is 6. The molecule has 1 saturated heterocycles. The van der Waals surface area contributed by atoms with Crippen LogP contribution in [0, 0.1) is 6.92 Å². The van der Waals surface area contributed by atoms with Crippen LogP contribution in [0.2, 0.25) is 0 Å². The fraction of sp³-hybridized carbons (Fsp3) is 0.444.